The van der Waals surface area contributed by atoms with E-state index in [1.54, 1.807) is 13.3 Å². The Morgan fingerprint density at radius 3 is 3.00 bits per heavy atom. The molecule has 0 radical (unpaired) electrons. The third-order valence-corrected chi connectivity index (χ3v) is 4.26. The van der Waals surface area contributed by atoms with Crippen LogP contribution in [-0.2, 0) is 6.54 Å². The van der Waals surface area contributed by atoms with Crippen LogP contribution in [0.3, 0.4) is 0 Å². The summed E-state index contributed by atoms with van der Waals surface area (Å²) in [6, 6.07) is 7.77. The molecular weight excluding hydrogens is 306 g/mol. The Labute approximate surface area is 139 Å². The van der Waals surface area contributed by atoms with Crippen LogP contribution in [0.25, 0.3) is 22.7 Å². The molecule has 1 aliphatic heterocycles. The minimum Gasteiger partial charge on any atom is -0.497 e. The van der Waals surface area contributed by atoms with Crippen molar-refractivity contribution in [3.05, 3.63) is 36.3 Å². The van der Waals surface area contributed by atoms with Crippen molar-refractivity contribution in [3.63, 3.8) is 0 Å². The summed E-state index contributed by atoms with van der Waals surface area (Å²) in [7, 11) is 1.65. The minimum absolute atomic E-state index is 0.482. The van der Waals surface area contributed by atoms with Crippen molar-refractivity contribution in [1.29, 1.82) is 0 Å². The predicted octanol–water partition coefficient (Wildman–Crippen LogP) is 2.73. The van der Waals surface area contributed by atoms with E-state index in [2.05, 4.69) is 25.2 Å². The number of methoxy groups -OCH3 is 1. The maximum atomic E-state index is 5.46. The highest BCUT2D eigenvalue weighted by molar-refractivity contribution is 5.76. The molecule has 1 aromatic carbocycles. The molecule has 0 unspecified atom stereocenters. The SMILES string of the molecule is COc1cccc(-c2[nH]ncc2-c2nc(CN3CCCC3)no2)c1. The van der Waals surface area contributed by atoms with E-state index in [0.29, 0.717) is 11.7 Å². The molecule has 0 aliphatic carbocycles. The molecule has 0 amide bonds. The van der Waals surface area contributed by atoms with Gasteiger partial charge in [-0.2, -0.15) is 10.1 Å². The molecule has 124 valence electrons. The van der Waals surface area contributed by atoms with Crippen LogP contribution in [-0.4, -0.2) is 45.4 Å². The molecule has 1 fully saturated rings. The summed E-state index contributed by atoms with van der Waals surface area (Å²) in [5.74, 6) is 1.98. The average molecular weight is 325 g/mol. The molecule has 7 nitrogen and oxygen atoms in total. The van der Waals surface area contributed by atoms with E-state index >= 15 is 0 Å². The molecule has 3 heterocycles. The predicted molar refractivity (Wildman–Crippen MR) is 88.4 cm³/mol. The lowest BCUT2D eigenvalue weighted by molar-refractivity contribution is 0.312. The third-order valence-electron chi connectivity index (χ3n) is 4.26. The molecule has 2 aromatic heterocycles. The summed E-state index contributed by atoms with van der Waals surface area (Å²) in [6.45, 7) is 2.94. The number of nitrogens with zero attached hydrogens (tertiary/aromatic N) is 4. The van der Waals surface area contributed by atoms with Crippen molar-refractivity contribution in [2.45, 2.75) is 19.4 Å². The summed E-state index contributed by atoms with van der Waals surface area (Å²) in [5.41, 5.74) is 2.59. The van der Waals surface area contributed by atoms with Gasteiger partial charge in [-0.3, -0.25) is 10.00 Å². The summed E-state index contributed by atoms with van der Waals surface area (Å²) in [5, 5.41) is 11.3. The van der Waals surface area contributed by atoms with E-state index < -0.39 is 0 Å². The van der Waals surface area contributed by atoms with Gasteiger partial charge in [0.1, 0.15) is 5.75 Å². The van der Waals surface area contributed by atoms with E-state index in [4.69, 9.17) is 9.26 Å². The zero-order chi connectivity index (χ0) is 16.4. The highest BCUT2D eigenvalue weighted by atomic mass is 16.5. The molecule has 24 heavy (non-hydrogen) atoms. The first-order valence-corrected chi connectivity index (χ1v) is 8.06. The Balaban J connectivity index is 1.61. The number of aromatic nitrogens is 4. The molecule has 4 rings (SSSR count). The van der Waals surface area contributed by atoms with Gasteiger partial charge in [0.25, 0.3) is 5.89 Å². The van der Waals surface area contributed by atoms with Gasteiger partial charge in [0.15, 0.2) is 5.82 Å². The number of ether oxygens (including phenoxy) is 1. The normalized spacial score (nSPS) is 15.0. The molecule has 0 atom stereocenters. The second kappa shape index (κ2) is 6.45. The number of hydrogen-bond acceptors (Lipinski definition) is 6. The van der Waals surface area contributed by atoms with Gasteiger partial charge in [0, 0.05) is 5.56 Å². The third kappa shape index (κ3) is 2.90. The molecule has 1 aliphatic rings. The largest absolute Gasteiger partial charge is 0.497 e. The van der Waals surface area contributed by atoms with Crippen LogP contribution in [0.2, 0.25) is 0 Å². The van der Waals surface area contributed by atoms with Crippen LogP contribution >= 0.6 is 0 Å². The quantitative estimate of drug-likeness (QED) is 0.777. The first-order chi connectivity index (χ1) is 11.8. The van der Waals surface area contributed by atoms with E-state index in [9.17, 15) is 0 Å². The van der Waals surface area contributed by atoms with Crippen LogP contribution in [0.1, 0.15) is 18.7 Å². The van der Waals surface area contributed by atoms with Crippen molar-refractivity contribution in [2.75, 3.05) is 20.2 Å². The summed E-state index contributed by atoms with van der Waals surface area (Å²) in [6.07, 6.45) is 4.20. The Morgan fingerprint density at radius 1 is 1.29 bits per heavy atom. The fraction of sp³-hybridized carbons (Fsp3) is 0.353. The number of nitrogens with one attached hydrogen (secondary N) is 1. The van der Waals surface area contributed by atoms with Gasteiger partial charge < -0.3 is 9.26 Å². The van der Waals surface area contributed by atoms with E-state index in [1.807, 2.05) is 24.3 Å². The molecule has 7 heteroatoms. The van der Waals surface area contributed by atoms with Gasteiger partial charge in [-0.1, -0.05) is 17.3 Å². The Morgan fingerprint density at radius 2 is 2.17 bits per heavy atom. The molecule has 1 N–H and O–H groups in total. The zero-order valence-electron chi connectivity index (χ0n) is 13.5. The van der Waals surface area contributed by atoms with Crippen molar-refractivity contribution in [1.82, 2.24) is 25.2 Å². The van der Waals surface area contributed by atoms with Gasteiger partial charge in [0.2, 0.25) is 0 Å². The lowest BCUT2D eigenvalue weighted by Crippen LogP contribution is -2.19. The maximum Gasteiger partial charge on any atom is 0.261 e. The van der Waals surface area contributed by atoms with Crippen LogP contribution in [0.5, 0.6) is 5.75 Å². The van der Waals surface area contributed by atoms with Gasteiger partial charge in [0.05, 0.1) is 31.1 Å². The van der Waals surface area contributed by atoms with Crippen molar-refractivity contribution >= 4 is 0 Å². The molecule has 3 aromatic rings. The Bertz CT molecular complexity index is 820. The highest BCUT2D eigenvalue weighted by Crippen LogP contribution is 2.31. The molecule has 0 bridgehead atoms. The summed E-state index contributed by atoms with van der Waals surface area (Å²) in [4.78, 5) is 6.87. The lowest BCUT2D eigenvalue weighted by atomic mass is 10.1. The Kier molecular flexibility index (Phi) is 4.00. The van der Waals surface area contributed by atoms with E-state index in [0.717, 1.165) is 42.2 Å². The first-order valence-electron chi connectivity index (χ1n) is 8.06. The second-order valence-corrected chi connectivity index (χ2v) is 5.89. The number of H-pyrrole nitrogens is 1. The number of benzene rings is 1. The second-order valence-electron chi connectivity index (χ2n) is 5.89. The van der Waals surface area contributed by atoms with Crippen LogP contribution < -0.4 is 4.74 Å². The highest BCUT2D eigenvalue weighted by Gasteiger charge is 2.19. The number of rotatable bonds is 5. The maximum absolute atomic E-state index is 5.46. The van der Waals surface area contributed by atoms with Gasteiger partial charge in [-0.25, -0.2) is 0 Å². The molecule has 0 spiro atoms. The van der Waals surface area contributed by atoms with Crippen LogP contribution in [0.15, 0.2) is 35.0 Å². The number of aromatic amines is 1. The summed E-state index contributed by atoms with van der Waals surface area (Å²) >= 11 is 0. The zero-order valence-corrected chi connectivity index (χ0v) is 13.5. The van der Waals surface area contributed by atoms with Crippen molar-refractivity contribution < 1.29 is 9.26 Å². The van der Waals surface area contributed by atoms with Crippen LogP contribution in [0, 0.1) is 0 Å². The van der Waals surface area contributed by atoms with Gasteiger partial charge in [-0.15, -0.1) is 0 Å². The minimum atomic E-state index is 0.482. The average Bonchev–Trinajstić information content (AvgIpc) is 3.36. The number of hydrogen-bond donors (Lipinski definition) is 1. The fourth-order valence-corrected chi connectivity index (χ4v) is 3.02. The molecule has 1 saturated heterocycles. The lowest BCUT2D eigenvalue weighted by Gasteiger charge is -2.10. The smallest absolute Gasteiger partial charge is 0.261 e. The molecular formula is C17H19N5O2. The Hall–Kier alpha value is -2.67. The number of likely N-dealkylation sites (tertiary alicyclic amines) is 1. The monoisotopic (exact) mass is 325 g/mol. The van der Waals surface area contributed by atoms with Gasteiger partial charge in [-0.05, 0) is 38.1 Å². The van der Waals surface area contributed by atoms with Crippen molar-refractivity contribution in [3.8, 4) is 28.5 Å². The summed E-state index contributed by atoms with van der Waals surface area (Å²) < 4.78 is 10.7. The first kappa shape index (κ1) is 14.9. The van der Waals surface area contributed by atoms with Crippen molar-refractivity contribution in [2.24, 2.45) is 0 Å². The standard InChI is InChI=1S/C17H19N5O2/c1-23-13-6-4-5-12(9-13)16-14(10-18-20-16)17-19-15(21-24-17)11-22-7-2-3-8-22/h4-6,9-10H,2-3,7-8,11H2,1H3,(H,18,20). The topological polar surface area (TPSA) is 80.1 Å². The van der Waals surface area contributed by atoms with E-state index in [-0.39, 0.29) is 0 Å². The van der Waals surface area contributed by atoms with Crippen LogP contribution in [0.4, 0.5) is 0 Å². The van der Waals surface area contributed by atoms with E-state index in [1.165, 1.54) is 12.8 Å². The fourth-order valence-electron chi connectivity index (χ4n) is 3.02. The van der Waals surface area contributed by atoms with Gasteiger partial charge >= 0.3 is 0 Å². The molecule has 0 saturated carbocycles.